The molecule has 2 aliphatic rings. The third-order valence-corrected chi connectivity index (χ3v) is 7.35. The van der Waals surface area contributed by atoms with Gasteiger partial charge < -0.3 is 15.1 Å². The molecule has 0 radical (unpaired) electrons. The minimum atomic E-state index is -0.134. The van der Waals surface area contributed by atoms with Gasteiger partial charge in [-0.2, -0.15) is 5.26 Å². The molecule has 7 nitrogen and oxygen atoms in total. The number of benzene rings is 2. The first-order valence-corrected chi connectivity index (χ1v) is 12.3. The van der Waals surface area contributed by atoms with Crippen LogP contribution >= 0.6 is 0 Å². The van der Waals surface area contributed by atoms with Gasteiger partial charge in [0.2, 0.25) is 11.8 Å². The van der Waals surface area contributed by atoms with E-state index < -0.39 is 0 Å². The van der Waals surface area contributed by atoms with Crippen LogP contribution in [-0.4, -0.2) is 53.7 Å². The Morgan fingerprint density at radius 1 is 0.914 bits per heavy atom. The van der Waals surface area contributed by atoms with Gasteiger partial charge in [0.05, 0.1) is 11.6 Å². The molecule has 1 N–H and O–H groups in total. The summed E-state index contributed by atoms with van der Waals surface area (Å²) in [7, 11) is 0. The Hall–Kier alpha value is -3.66. The van der Waals surface area contributed by atoms with Gasteiger partial charge in [-0.1, -0.05) is 18.2 Å². The maximum atomic E-state index is 13.2. The molecule has 2 fully saturated rings. The smallest absolute Gasteiger partial charge is 0.253 e. The maximum absolute atomic E-state index is 13.2. The Balaban J connectivity index is 1.36. The van der Waals surface area contributed by atoms with Crippen LogP contribution in [0.3, 0.4) is 0 Å². The number of aryl methyl sites for hydroxylation is 1. The zero-order valence-corrected chi connectivity index (χ0v) is 20.4. The molecule has 2 aromatic rings. The third kappa shape index (κ3) is 5.71. The fourth-order valence-corrected chi connectivity index (χ4v) is 5.01. The largest absolute Gasteiger partial charge is 0.343 e. The molecule has 2 heterocycles. The second-order valence-corrected chi connectivity index (χ2v) is 9.60. The monoisotopic (exact) mass is 472 g/mol. The molecule has 182 valence electrons. The van der Waals surface area contributed by atoms with Crippen molar-refractivity contribution in [2.45, 2.75) is 45.4 Å². The van der Waals surface area contributed by atoms with Crippen molar-refractivity contribution in [2.24, 2.45) is 5.92 Å². The molecule has 0 bridgehead atoms. The van der Waals surface area contributed by atoms with E-state index in [1.54, 1.807) is 17.9 Å². The van der Waals surface area contributed by atoms with Crippen molar-refractivity contribution in [3.63, 3.8) is 0 Å². The summed E-state index contributed by atoms with van der Waals surface area (Å²) in [6.07, 6.45) is 3.06. The van der Waals surface area contributed by atoms with E-state index in [9.17, 15) is 14.4 Å². The van der Waals surface area contributed by atoms with Crippen LogP contribution in [0.15, 0.2) is 42.5 Å². The van der Waals surface area contributed by atoms with Crippen molar-refractivity contribution in [2.75, 3.05) is 31.5 Å². The molecule has 2 aliphatic heterocycles. The molecule has 3 amide bonds. The Labute approximate surface area is 206 Å². The van der Waals surface area contributed by atoms with Crippen LogP contribution in [0.4, 0.5) is 5.69 Å². The van der Waals surface area contributed by atoms with Gasteiger partial charge in [0.15, 0.2) is 0 Å². The van der Waals surface area contributed by atoms with E-state index in [4.69, 9.17) is 5.26 Å². The summed E-state index contributed by atoms with van der Waals surface area (Å²) < 4.78 is 0. The van der Waals surface area contributed by atoms with E-state index in [1.807, 2.05) is 48.2 Å². The lowest BCUT2D eigenvalue weighted by Crippen LogP contribution is -2.40. The van der Waals surface area contributed by atoms with Gasteiger partial charge in [0.25, 0.3) is 5.91 Å². The first kappa shape index (κ1) is 24.5. The van der Waals surface area contributed by atoms with Crippen LogP contribution in [0.25, 0.3) is 0 Å². The summed E-state index contributed by atoms with van der Waals surface area (Å²) in [5.41, 5.74) is 4.03. The molecule has 0 aromatic heterocycles. The number of piperidine rings is 2. The zero-order valence-electron chi connectivity index (χ0n) is 20.4. The highest BCUT2D eigenvalue weighted by atomic mass is 16.2. The number of hydrogen-bond acceptors (Lipinski definition) is 4. The van der Waals surface area contributed by atoms with E-state index >= 15 is 0 Å². The van der Waals surface area contributed by atoms with Crippen LogP contribution in [-0.2, 0) is 9.59 Å². The van der Waals surface area contributed by atoms with Crippen LogP contribution < -0.4 is 5.32 Å². The second-order valence-electron chi connectivity index (χ2n) is 9.60. The van der Waals surface area contributed by atoms with Gasteiger partial charge in [-0.05, 0) is 73.9 Å². The number of nitrogens with one attached hydrogen (secondary N) is 1. The molecule has 0 aliphatic carbocycles. The van der Waals surface area contributed by atoms with Gasteiger partial charge in [-0.15, -0.1) is 0 Å². The predicted molar refractivity (Wildman–Crippen MR) is 134 cm³/mol. The number of carbonyl (C=O) groups excluding carboxylic acids is 3. The van der Waals surface area contributed by atoms with E-state index in [-0.39, 0.29) is 23.6 Å². The number of amides is 3. The molecule has 0 saturated carbocycles. The standard InChI is InChI=1S/C28H32N4O3/c1-19-3-6-25(17-26(19)30-27(34)24-11-13-31(14-12-24)20(2)33)28(35)32-15-9-23(10-16-32)22-7-4-21(18-29)5-8-22/h3-8,17,23-24H,9-16H2,1-2H3,(H,30,34). The van der Waals surface area contributed by atoms with Gasteiger partial charge in [-0.25, -0.2) is 0 Å². The quantitative estimate of drug-likeness (QED) is 0.725. The van der Waals surface area contributed by atoms with Crippen molar-refractivity contribution in [3.8, 4) is 6.07 Å². The highest BCUT2D eigenvalue weighted by Gasteiger charge is 2.27. The van der Waals surface area contributed by atoms with Gasteiger partial charge in [0, 0.05) is 50.3 Å². The van der Waals surface area contributed by atoms with Gasteiger partial charge >= 0.3 is 0 Å². The number of likely N-dealkylation sites (tertiary alicyclic amines) is 2. The van der Waals surface area contributed by atoms with Gasteiger partial charge in [-0.3, -0.25) is 14.4 Å². The maximum Gasteiger partial charge on any atom is 0.253 e. The van der Waals surface area contributed by atoms with Crippen molar-refractivity contribution >= 4 is 23.4 Å². The number of nitrogens with zero attached hydrogens (tertiary/aromatic N) is 3. The SMILES string of the molecule is CC(=O)N1CCC(C(=O)Nc2cc(C(=O)N3CCC(c4ccc(C#N)cc4)CC3)ccc2C)CC1. The number of carbonyl (C=O) groups is 3. The summed E-state index contributed by atoms with van der Waals surface area (Å²) in [4.78, 5) is 41.3. The topological polar surface area (TPSA) is 93.5 Å². The van der Waals surface area contributed by atoms with Crippen molar-refractivity contribution in [1.82, 2.24) is 9.80 Å². The molecule has 35 heavy (non-hydrogen) atoms. The average Bonchev–Trinajstić information content (AvgIpc) is 2.89. The summed E-state index contributed by atoms with van der Waals surface area (Å²) in [6.45, 7) is 6.03. The Kier molecular flexibility index (Phi) is 7.50. The van der Waals surface area contributed by atoms with Crippen LogP contribution in [0.5, 0.6) is 0 Å². The molecule has 2 saturated heterocycles. The molecule has 4 rings (SSSR count). The second kappa shape index (κ2) is 10.7. The minimum Gasteiger partial charge on any atom is -0.343 e. The first-order chi connectivity index (χ1) is 16.9. The number of anilines is 1. The van der Waals surface area contributed by atoms with E-state index in [2.05, 4.69) is 11.4 Å². The average molecular weight is 473 g/mol. The predicted octanol–water partition coefficient (Wildman–Crippen LogP) is 4.08. The minimum absolute atomic E-state index is 0.0199. The van der Waals surface area contributed by atoms with Crippen molar-refractivity contribution in [1.29, 1.82) is 5.26 Å². The van der Waals surface area contributed by atoms with Crippen LogP contribution in [0.2, 0.25) is 0 Å². The third-order valence-electron chi connectivity index (χ3n) is 7.35. The van der Waals surface area contributed by atoms with Crippen LogP contribution in [0.1, 0.15) is 65.6 Å². The Morgan fingerprint density at radius 3 is 2.14 bits per heavy atom. The number of hydrogen-bond donors (Lipinski definition) is 1. The summed E-state index contributed by atoms with van der Waals surface area (Å²) >= 11 is 0. The summed E-state index contributed by atoms with van der Waals surface area (Å²) in [5.74, 6) is 0.226. The van der Waals surface area contributed by atoms with Crippen molar-refractivity contribution < 1.29 is 14.4 Å². The molecular weight excluding hydrogens is 440 g/mol. The van der Waals surface area contributed by atoms with Crippen molar-refractivity contribution in [3.05, 3.63) is 64.7 Å². The first-order valence-electron chi connectivity index (χ1n) is 12.3. The molecular formula is C28H32N4O3. The molecule has 7 heteroatoms. The molecule has 2 aromatic carbocycles. The highest BCUT2D eigenvalue weighted by Crippen LogP contribution is 2.29. The Morgan fingerprint density at radius 2 is 1.54 bits per heavy atom. The number of rotatable bonds is 4. The highest BCUT2D eigenvalue weighted by molar-refractivity contribution is 5.98. The normalized spacial score (nSPS) is 17.1. The lowest BCUT2D eigenvalue weighted by Gasteiger charge is -2.32. The van der Waals surface area contributed by atoms with E-state index in [0.717, 1.165) is 18.4 Å². The van der Waals surface area contributed by atoms with E-state index in [0.29, 0.717) is 61.8 Å². The lowest BCUT2D eigenvalue weighted by atomic mass is 9.89. The summed E-state index contributed by atoms with van der Waals surface area (Å²) in [5, 5.41) is 12.0. The van der Waals surface area contributed by atoms with Crippen LogP contribution in [0, 0.1) is 24.2 Å². The lowest BCUT2D eigenvalue weighted by molar-refractivity contribution is -0.132. The molecule has 0 unspecified atom stereocenters. The van der Waals surface area contributed by atoms with Gasteiger partial charge in [0.1, 0.15) is 0 Å². The number of nitriles is 1. The van der Waals surface area contributed by atoms with E-state index in [1.165, 1.54) is 5.56 Å². The fraction of sp³-hybridized carbons (Fsp3) is 0.429. The molecule has 0 spiro atoms. The zero-order chi connectivity index (χ0) is 24.9. The summed E-state index contributed by atoms with van der Waals surface area (Å²) in [6, 6.07) is 15.4. The Bertz CT molecular complexity index is 1140. The molecule has 0 atom stereocenters. The fourth-order valence-electron chi connectivity index (χ4n) is 5.01.